The summed E-state index contributed by atoms with van der Waals surface area (Å²) in [5.74, 6) is 0. The summed E-state index contributed by atoms with van der Waals surface area (Å²) in [6.07, 6.45) is 0. The lowest BCUT2D eigenvalue weighted by atomic mass is 10.3. The van der Waals surface area contributed by atoms with Crippen LogP contribution >= 0.6 is 0 Å². The molecular weight excluding hydrogens is 64.8 g/mol. The molecule has 4 heteroatoms. The van der Waals surface area contributed by atoms with Crippen LogP contribution in [0.15, 0.2) is 10.1 Å². The Morgan fingerprint density at radius 2 is 2.40 bits per heavy atom. The number of hydrogen-bond donors (Lipinski definition) is 1. The zero-order valence-electron chi connectivity index (χ0n) is 3.05. The average Bonchev–Trinajstić information content (AvgIpc) is 1.41. The number of hydrogen-bond acceptors (Lipinski definition) is 3. The van der Waals surface area contributed by atoms with Crippen LogP contribution in [0.4, 0.5) is 0 Å². The van der Waals surface area contributed by atoms with E-state index in [4.69, 9.17) is 5.64 Å². The lowest BCUT2D eigenvalue weighted by Gasteiger charge is -1.64. The Morgan fingerprint density at radius 3 is 2.40 bits per heavy atom. The van der Waals surface area contributed by atoms with E-state index in [0.717, 1.165) is 7.55 Å². The van der Waals surface area contributed by atoms with Gasteiger partial charge in [-0.15, -0.1) is 0 Å². The summed E-state index contributed by atoms with van der Waals surface area (Å²) >= 11 is 0. The molecule has 0 heterocycles. The highest BCUT2D eigenvalue weighted by Crippen LogP contribution is 1.52. The van der Waals surface area contributed by atoms with Gasteiger partial charge in [0.2, 0.25) is 0 Å². The third kappa shape index (κ3) is 3.62. The fourth-order valence-corrected chi connectivity index (χ4v) is 0.0667. The van der Waals surface area contributed by atoms with Gasteiger partial charge in [0.1, 0.15) is 0 Å². The van der Waals surface area contributed by atoms with Gasteiger partial charge in [-0.05, 0) is 0 Å². The molecule has 0 amide bonds. The first-order valence-corrected chi connectivity index (χ1v) is 1.24. The Balaban J connectivity index is 2.62. The molecular formula is CH5BN3. The van der Waals surface area contributed by atoms with Crippen LogP contribution < -0.4 is 5.64 Å². The van der Waals surface area contributed by atoms with Crippen molar-refractivity contribution in [3.63, 3.8) is 0 Å². The van der Waals surface area contributed by atoms with Crippen LogP contribution in [0.1, 0.15) is 0 Å². The summed E-state index contributed by atoms with van der Waals surface area (Å²) in [7, 11) is 2.70. The van der Waals surface area contributed by atoms with Gasteiger partial charge < -0.3 is 5.64 Å². The maximum atomic E-state index is 4.75. The number of rotatable bonds is 1. The zero-order valence-corrected chi connectivity index (χ0v) is 3.05. The second kappa shape index (κ2) is 3.62. The van der Waals surface area contributed by atoms with Crippen LogP contribution in [0.5, 0.6) is 0 Å². The summed E-state index contributed by atoms with van der Waals surface area (Å²) in [4.78, 5) is 0. The maximum absolute atomic E-state index is 4.75. The molecule has 0 atom stereocenters. The van der Waals surface area contributed by atoms with Crippen molar-refractivity contribution in [2.75, 3.05) is 7.05 Å². The third-order valence-corrected chi connectivity index (χ3v) is 0.182. The quantitative estimate of drug-likeness (QED) is 0.330. The lowest BCUT2D eigenvalue weighted by molar-refractivity contribution is 1.23. The van der Waals surface area contributed by atoms with Crippen molar-refractivity contribution in [3.05, 3.63) is 0 Å². The second-order valence-electron chi connectivity index (χ2n) is 0.465. The van der Waals surface area contributed by atoms with Crippen molar-refractivity contribution >= 4 is 7.55 Å². The van der Waals surface area contributed by atoms with Crippen molar-refractivity contribution in [3.8, 4) is 0 Å². The third-order valence-electron chi connectivity index (χ3n) is 0.182. The van der Waals surface area contributed by atoms with Crippen molar-refractivity contribution in [1.82, 2.24) is 0 Å². The smallest absolute Gasteiger partial charge is 0.351 e. The van der Waals surface area contributed by atoms with E-state index in [1.54, 1.807) is 7.05 Å². The summed E-state index contributed by atoms with van der Waals surface area (Å²) < 4.78 is 0. The highest BCUT2D eigenvalue weighted by Gasteiger charge is 1.61. The van der Waals surface area contributed by atoms with Gasteiger partial charge in [-0.25, -0.2) is 10.1 Å². The van der Waals surface area contributed by atoms with Crippen molar-refractivity contribution in [2.24, 2.45) is 15.8 Å². The van der Waals surface area contributed by atoms with Gasteiger partial charge in [0.15, 0.2) is 0 Å². The SMILES string of the molecule is CN=N[B]N. The van der Waals surface area contributed by atoms with E-state index in [1.807, 2.05) is 0 Å². The van der Waals surface area contributed by atoms with E-state index in [0.29, 0.717) is 0 Å². The number of nitrogens with two attached hydrogens (primary N) is 1. The molecule has 1 radical (unpaired) electrons. The molecule has 0 aromatic rings. The Kier molecular flexibility index (Phi) is 3.35. The van der Waals surface area contributed by atoms with E-state index in [-0.39, 0.29) is 0 Å². The Morgan fingerprint density at radius 1 is 1.80 bits per heavy atom. The van der Waals surface area contributed by atoms with Gasteiger partial charge in [0.25, 0.3) is 0 Å². The standard InChI is InChI=1S/CH5BN3/c1-4-5-2-3/h3H2,1H3. The molecule has 0 spiro atoms. The molecule has 0 aliphatic carbocycles. The Bertz CT molecular complexity index is 33.9. The summed E-state index contributed by atoms with van der Waals surface area (Å²) in [6, 6.07) is 0. The molecule has 3 nitrogen and oxygen atoms in total. The van der Waals surface area contributed by atoms with Crippen LogP contribution in [-0.2, 0) is 0 Å². The highest BCUT2D eigenvalue weighted by molar-refractivity contribution is 6.27. The van der Waals surface area contributed by atoms with Crippen LogP contribution in [0.25, 0.3) is 0 Å². The minimum absolute atomic E-state index is 1.14. The van der Waals surface area contributed by atoms with Crippen molar-refractivity contribution in [1.29, 1.82) is 0 Å². The topological polar surface area (TPSA) is 50.7 Å². The van der Waals surface area contributed by atoms with E-state index in [2.05, 4.69) is 10.1 Å². The van der Waals surface area contributed by atoms with Crippen LogP contribution in [-0.4, -0.2) is 14.6 Å². The van der Waals surface area contributed by atoms with Gasteiger partial charge in [0, 0.05) is 7.05 Å². The van der Waals surface area contributed by atoms with E-state index < -0.39 is 0 Å². The molecule has 0 bridgehead atoms. The van der Waals surface area contributed by atoms with Gasteiger partial charge in [-0.3, -0.25) is 0 Å². The van der Waals surface area contributed by atoms with E-state index >= 15 is 0 Å². The van der Waals surface area contributed by atoms with Gasteiger partial charge in [0.05, 0.1) is 0 Å². The van der Waals surface area contributed by atoms with Crippen molar-refractivity contribution in [2.45, 2.75) is 0 Å². The lowest BCUT2D eigenvalue weighted by Crippen LogP contribution is -1.97. The minimum atomic E-state index is 1.14. The fraction of sp³-hybridized carbons (Fsp3) is 1.00. The fourth-order valence-electron chi connectivity index (χ4n) is 0.0667. The highest BCUT2D eigenvalue weighted by atomic mass is 15.0. The first-order chi connectivity index (χ1) is 2.41. The van der Waals surface area contributed by atoms with Crippen LogP contribution in [0.2, 0.25) is 0 Å². The summed E-state index contributed by atoms with van der Waals surface area (Å²) in [5.41, 5.74) is 4.75. The molecule has 5 heavy (non-hydrogen) atoms. The van der Waals surface area contributed by atoms with Crippen molar-refractivity contribution < 1.29 is 0 Å². The molecule has 0 saturated heterocycles. The summed E-state index contributed by atoms with van der Waals surface area (Å²) in [5, 5.41) is 6.55. The molecule has 0 aliphatic heterocycles. The van der Waals surface area contributed by atoms with Gasteiger partial charge in [-0.1, -0.05) is 0 Å². The monoisotopic (exact) mass is 70.1 g/mol. The predicted octanol–water partition coefficient (Wildman–Crippen LogP) is -0.439. The molecule has 0 saturated carbocycles. The first kappa shape index (κ1) is 4.62. The van der Waals surface area contributed by atoms with Crippen LogP contribution in [0, 0.1) is 0 Å². The molecule has 0 aliphatic rings. The second-order valence-corrected chi connectivity index (χ2v) is 0.465. The molecule has 0 aromatic heterocycles. The zero-order chi connectivity index (χ0) is 4.12. The largest absolute Gasteiger partial charge is 0.398 e. The molecule has 0 rings (SSSR count). The number of nitrogens with zero attached hydrogens (tertiary/aromatic N) is 2. The molecule has 0 unspecified atom stereocenters. The molecule has 0 aromatic carbocycles. The maximum Gasteiger partial charge on any atom is 0.398 e. The molecule has 0 fully saturated rings. The average molecular weight is 69.9 g/mol. The van der Waals surface area contributed by atoms with Gasteiger partial charge in [-0.2, -0.15) is 0 Å². The Hall–Kier alpha value is -0.375. The van der Waals surface area contributed by atoms with Crippen LogP contribution in [0.3, 0.4) is 0 Å². The first-order valence-electron chi connectivity index (χ1n) is 1.24. The summed E-state index contributed by atoms with van der Waals surface area (Å²) in [6.45, 7) is 0. The normalized spacial score (nSPS) is 9.20. The molecule has 27 valence electrons. The van der Waals surface area contributed by atoms with E-state index in [1.165, 1.54) is 0 Å². The Labute approximate surface area is 31.6 Å². The van der Waals surface area contributed by atoms with E-state index in [9.17, 15) is 0 Å². The van der Waals surface area contributed by atoms with Gasteiger partial charge >= 0.3 is 7.55 Å². The molecule has 2 N–H and O–H groups in total. The predicted molar refractivity (Wildman–Crippen MR) is 20.7 cm³/mol. The minimum Gasteiger partial charge on any atom is -0.351 e.